The fourth-order valence-electron chi connectivity index (χ4n) is 4.28. The lowest BCUT2D eigenvalue weighted by atomic mass is 10.0. The second-order valence-corrected chi connectivity index (χ2v) is 7.99. The van der Waals surface area contributed by atoms with Gasteiger partial charge in [-0.1, -0.05) is 12.1 Å². The Bertz CT molecular complexity index is 1070. The smallest absolute Gasteiger partial charge is 0.251 e. The van der Waals surface area contributed by atoms with Gasteiger partial charge in [0.05, 0.1) is 18.2 Å². The molecule has 3 heterocycles. The van der Waals surface area contributed by atoms with Crippen LogP contribution in [0.3, 0.4) is 0 Å². The third-order valence-electron chi connectivity index (χ3n) is 5.76. The van der Waals surface area contributed by atoms with Gasteiger partial charge < -0.3 is 4.90 Å². The molecule has 1 aliphatic heterocycles. The fraction of sp³-hybridized carbons (Fsp3) is 0.391. The number of benzene rings is 1. The summed E-state index contributed by atoms with van der Waals surface area (Å²) in [5.41, 5.74) is 5.33. The van der Waals surface area contributed by atoms with Crippen molar-refractivity contribution < 1.29 is 9.18 Å². The molecule has 0 bridgehead atoms. The van der Waals surface area contributed by atoms with Gasteiger partial charge in [-0.2, -0.15) is 5.10 Å². The Hall–Kier alpha value is -3.09. The van der Waals surface area contributed by atoms with Crippen LogP contribution >= 0.6 is 0 Å². The van der Waals surface area contributed by atoms with Crippen molar-refractivity contribution >= 4 is 5.91 Å². The maximum Gasteiger partial charge on any atom is 0.251 e. The first-order valence-corrected chi connectivity index (χ1v) is 10.3. The summed E-state index contributed by atoms with van der Waals surface area (Å²) in [6.07, 6.45) is 2.12. The number of hydrogen-bond acceptors (Lipinski definition) is 4. The Morgan fingerprint density at radius 2 is 1.77 bits per heavy atom. The normalized spacial score (nSPS) is 16.3. The highest BCUT2D eigenvalue weighted by atomic mass is 19.1. The van der Waals surface area contributed by atoms with E-state index in [1.165, 1.54) is 12.1 Å². The number of aromatic nitrogens is 4. The topological polar surface area (TPSA) is 63.9 Å². The number of likely N-dealkylation sites (tertiary alicyclic amines) is 1. The fourth-order valence-corrected chi connectivity index (χ4v) is 4.28. The molecule has 2 aromatic heterocycles. The van der Waals surface area contributed by atoms with Crippen LogP contribution in [0, 0.1) is 33.5 Å². The average molecular weight is 407 g/mol. The molecule has 7 heteroatoms. The van der Waals surface area contributed by atoms with Gasteiger partial charge in [-0.3, -0.25) is 4.79 Å². The number of rotatable bonds is 4. The van der Waals surface area contributed by atoms with Crippen molar-refractivity contribution in [1.29, 1.82) is 0 Å². The van der Waals surface area contributed by atoms with E-state index >= 15 is 0 Å². The molecule has 1 saturated heterocycles. The van der Waals surface area contributed by atoms with Crippen molar-refractivity contribution in [1.82, 2.24) is 24.6 Å². The van der Waals surface area contributed by atoms with Crippen LogP contribution in [0.4, 0.5) is 4.39 Å². The zero-order valence-corrected chi connectivity index (χ0v) is 17.8. The first kappa shape index (κ1) is 20.2. The van der Waals surface area contributed by atoms with Crippen LogP contribution < -0.4 is 0 Å². The Morgan fingerprint density at radius 3 is 2.43 bits per heavy atom. The summed E-state index contributed by atoms with van der Waals surface area (Å²) >= 11 is 0. The van der Waals surface area contributed by atoms with Gasteiger partial charge in [0, 0.05) is 29.2 Å². The van der Waals surface area contributed by atoms with E-state index in [1.54, 1.807) is 16.8 Å². The molecule has 1 atom stereocenters. The summed E-state index contributed by atoms with van der Waals surface area (Å²) in [5.74, 6) is 0.327. The van der Waals surface area contributed by atoms with E-state index in [4.69, 9.17) is 0 Å². The SMILES string of the molecule is Cc1cc(C)nc(-n2nc(C)c(CC(=O)N3CCCC3c3ccc(F)cc3)c2C)n1. The molecule has 0 radical (unpaired) electrons. The molecule has 30 heavy (non-hydrogen) atoms. The van der Waals surface area contributed by atoms with Gasteiger partial charge in [0.15, 0.2) is 0 Å². The first-order chi connectivity index (χ1) is 14.3. The van der Waals surface area contributed by atoms with E-state index < -0.39 is 0 Å². The Balaban J connectivity index is 1.59. The number of nitrogens with zero attached hydrogens (tertiary/aromatic N) is 5. The molecule has 6 nitrogen and oxygen atoms in total. The van der Waals surface area contributed by atoms with Gasteiger partial charge in [-0.25, -0.2) is 19.0 Å². The van der Waals surface area contributed by atoms with E-state index in [-0.39, 0.29) is 24.2 Å². The first-order valence-electron chi connectivity index (χ1n) is 10.3. The lowest BCUT2D eigenvalue weighted by molar-refractivity contribution is -0.131. The molecule has 4 rings (SSSR count). The monoisotopic (exact) mass is 407 g/mol. The maximum atomic E-state index is 13.3. The van der Waals surface area contributed by atoms with Crippen LogP contribution in [0.15, 0.2) is 30.3 Å². The van der Waals surface area contributed by atoms with Gasteiger partial charge in [0.25, 0.3) is 5.95 Å². The highest BCUT2D eigenvalue weighted by molar-refractivity contribution is 5.80. The quantitative estimate of drug-likeness (QED) is 0.657. The summed E-state index contributed by atoms with van der Waals surface area (Å²) in [4.78, 5) is 24.1. The third kappa shape index (κ3) is 3.84. The van der Waals surface area contributed by atoms with Crippen LogP contribution in [0.1, 0.15) is 52.8 Å². The van der Waals surface area contributed by atoms with Crippen molar-refractivity contribution in [3.05, 3.63) is 70.1 Å². The van der Waals surface area contributed by atoms with Crippen LogP contribution in [0.2, 0.25) is 0 Å². The molecule has 1 unspecified atom stereocenters. The lowest BCUT2D eigenvalue weighted by Gasteiger charge is -2.25. The molecule has 0 spiro atoms. The second kappa shape index (κ2) is 7.97. The Morgan fingerprint density at radius 1 is 1.10 bits per heavy atom. The number of carbonyl (C=O) groups is 1. The minimum absolute atomic E-state index is 0.00323. The molecular formula is C23H26FN5O. The Kier molecular flexibility index (Phi) is 5.37. The maximum absolute atomic E-state index is 13.3. The molecule has 0 saturated carbocycles. The number of halogens is 1. The van der Waals surface area contributed by atoms with Crippen molar-refractivity contribution in [2.24, 2.45) is 0 Å². The molecule has 1 aliphatic rings. The minimum atomic E-state index is -0.262. The highest BCUT2D eigenvalue weighted by Crippen LogP contribution is 2.33. The van der Waals surface area contributed by atoms with Crippen molar-refractivity contribution in [3.63, 3.8) is 0 Å². The zero-order valence-electron chi connectivity index (χ0n) is 17.8. The van der Waals surface area contributed by atoms with E-state index in [2.05, 4.69) is 15.1 Å². The van der Waals surface area contributed by atoms with Crippen molar-refractivity contribution in [2.75, 3.05) is 6.54 Å². The van der Waals surface area contributed by atoms with Gasteiger partial charge in [-0.15, -0.1) is 0 Å². The number of carbonyl (C=O) groups excluding carboxylic acids is 1. The molecular weight excluding hydrogens is 381 g/mol. The van der Waals surface area contributed by atoms with Gasteiger partial charge in [-0.05, 0) is 64.3 Å². The van der Waals surface area contributed by atoms with Crippen LogP contribution in [0.5, 0.6) is 0 Å². The highest BCUT2D eigenvalue weighted by Gasteiger charge is 2.31. The van der Waals surface area contributed by atoms with Gasteiger partial charge in [0.1, 0.15) is 5.82 Å². The predicted molar refractivity (Wildman–Crippen MR) is 112 cm³/mol. The molecule has 0 aliphatic carbocycles. The molecule has 1 aromatic carbocycles. The second-order valence-electron chi connectivity index (χ2n) is 7.99. The van der Waals surface area contributed by atoms with Crippen LogP contribution in [0.25, 0.3) is 5.95 Å². The van der Waals surface area contributed by atoms with Gasteiger partial charge >= 0.3 is 0 Å². The van der Waals surface area contributed by atoms with Gasteiger partial charge in [0.2, 0.25) is 5.91 Å². The summed E-state index contributed by atoms with van der Waals surface area (Å²) < 4.78 is 15.0. The van der Waals surface area contributed by atoms with Crippen LogP contribution in [-0.2, 0) is 11.2 Å². The molecule has 156 valence electrons. The van der Waals surface area contributed by atoms with Crippen molar-refractivity contribution in [2.45, 2.75) is 53.0 Å². The van der Waals surface area contributed by atoms with E-state index in [1.807, 2.05) is 38.7 Å². The van der Waals surface area contributed by atoms with Crippen LogP contribution in [-0.4, -0.2) is 37.1 Å². The van der Waals surface area contributed by atoms with Crippen molar-refractivity contribution in [3.8, 4) is 5.95 Å². The zero-order chi connectivity index (χ0) is 21.4. The predicted octanol–water partition coefficient (Wildman–Crippen LogP) is 3.94. The van der Waals surface area contributed by atoms with E-state index in [9.17, 15) is 9.18 Å². The standard InChI is InChI=1S/C23H26FN5O/c1-14-12-15(2)26-23(25-14)29-17(4)20(16(3)27-29)13-22(30)28-11-5-6-21(28)18-7-9-19(24)10-8-18/h7-10,12,21H,5-6,11,13H2,1-4H3. The summed E-state index contributed by atoms with van der Waals surface area (Å²) in [6, 6.07) is 8.38. The minimum Gasteiger partial charge on any atom is -0.335 e. The van der Waals surface area contributed by atoms with E-state index in [0.29, 0.717) is 12.5 Å². The summed E-state index contributed by atoms with van der Waals surface area (Å²) in [6.45, 7) is 8.43. The molecule has 3 aromatic rings. The average Bonchev–Trinajstić information content (AvgIpc) is 3.28. The number of hydrogen-bond donors (Lipinski definition) is 0. The summed E-state index contributed by atoms with van der Waals surface area (Å²) in [7, 11) is 0. The molecule has 1 fully saturated rings. The Labute approximate surface area is 175 Å². The van der Waals surface area contributed by atoms with E-state index in [0.717, 1.165) is 46.7 Å². The third-order valence-corrected chi connectivity index (χ3v) is 5.76. The number of aryl methyl sites for hydroxylation is 3. The number of amides is 1. The lowest BCUT2D eigenvalue weighted by Crippen LogP contribution is -2.32. The summed E-state index contributed by atoms with van der Waals surface area (Å²) in [5, 5.41) is 4.61. The molecule has 0 N–H and O–H groups in total. The largest absolute Gasteiger partial charge is 0.335 e. The molecule has 1 amide bonds.